The molecule has 0 heterocycles. The fourth-order valence-corrected chi connectivity index (χ4v) is 2.04. The summed E-state index contributed by atoms with van der Waals surface area (Å²) in [7, 11) is 1.67. The van der Waals surface area contributed by atoms with Gasteiger partial charge in [0, 0.05) is 9.79 Å². The molecule has 2 heteroatoms. The minimum Gasteiger partial charge on any atom is -0.497 e. The maximum absolute atomic E-state index is 5.10. The highest BCUT2D eigenvalue weighted by atomic mass is 32.2. The molecule has 0 atom stereocenters. The number of hydrogen-bond donors (Lipinski definition) is 0. The summed E-state index contributed by atoms with van der Waals surface area (Å²) in [4.78, 5) is 2.40. The molecule has 1 radical (unpaired) electrons. The van der Waals surface area contributed by atoms with Crippen molar-refractivity contribution in [1.82, 2.24) is 0 Å². The molecule has 0 aliphatic rings. The predicted molar refractivity (Wildman–Crippen MR) is 62.4 cm³/mol. The molecule has 0 fully saturated rings. The Labute approximate surface area is 94.1 Å². The summed E-state index contributed by atoms with van der Waals surface area (Å²) in [5, 5.41) is 0. The van der Waals surface area contributed by atoms with E-state index in [1.165, 1.54) is 9.79 Å². The van der Waals surface area contributed by atoms with Crippen molar-refractivity contribution in [2.24, 2.45) is 0 Å². The van der Waals surface area contributed by atoms with Gasteiger partial charge in [0.25, 0.3) is 0 Å². The molecule has 0 bridgehead atoms. The van der Waals surface area contributed by atoms with E-state index in [1.54, 1.807) is 18.9 Å². The fraction of sp³-hybridized carbons (Fsp3) is 0.0769. The van der Waals surface area contributed by atoms with E-state index in [1.807, 2.05) is 30.3 Å². The van der Waals surface area contributed by atoms with Gasteiger partial charge in [-0.2, -0.15) is 0 Å². The molecule has 2 aromatic rings. The Bertz CT molecular complexity index is 408. The number of hydrogen-bond acceptors (Lipinski definition) is 2. The van der Waals surface area contributed by atoms with Crippen molar-refractivity contribution >= 4 is 11.8 Å². The monoisotopic (exact) mass is 215 g/mol. The first-order chi connectivity index (χ1) is 7.38. The third-order valence-corrected chi connectivity index (χ3v) is 2.97. The molecule has 0 saturated heterocycles. The lowest BCUT2D eigenvalue weighted by molar-refractivity contribution is 0.414. The van der Waals surface area contributed by atoms with Gasteiger partial charge in [0.2, 0.25) is 0 Å². The van der Waals surface area contributed by atoms with Crippen LogP contribution in [-0.2, 0) is 0 Å². The van der Waals surface area contributed by atoms with Crippen LogP contribution in [0, 0.1) is 6.07 Å². The summed E-state index contributed by atoms with van der Waals surface area (Å²) in [5.74, 6) is 0.888. The molecule has 0 amide bonds. The Hall–Kier alpha value is -1.41. The van der Waals surface area contributed by atoms with E-state index in [0.29, 0.717) is 0 Å². The third-order valence-electron chi connectivity index (χ3n) is 1.97. The molecule has 0 aliphatic carbocycles. The number of methoxy groups -OCH3 is 1. The van der Waals surface area contributed by atoms with Crippen LogP contribution in [0.4, 0.5) is 0 Å². The fourth-order valence-electron chi connectivity index (χ4n) is 1.22. The Morgan fingerprint density at radius 2 is 1.87 bits per heavy atom. The van der Waals surface area contributed by atoms with Crippen LogP contribution in [-0.4, -0.2) is 7.11 Å². The lowest BCUT2D eigenvalue weighted by atomic mass is 10.3. The van der Waals surface area contributed by atoms with E-state index < -0.39 is 0 Å². The number of rotatable bonds is 3. The summed E-state index contributed by atoms with van der Waals surface area (Å²) in [6, 6.07) is 19.0. The van der Waals surface area contributed by atoms with Gasteiger partial charge in [0.15, 0.2) is 0 Å². The van der Waals surface area contributed by atoms with E-state index in [2.05, 4.69) is 24.3 Å². The van der Waals surface area contributed by atoms with E-state index in [4.69, 9.17) is 4.74 Å². The first-order valence-corrected chi connectivity index (χ1v) is 5.48. The van der Waals surface area contributed by atoms with Crippen molar-refractivity contribution in [3.8, 4) is 5.75 Å². The normalized spacial score (nSPS) is 9.93. The summed E-state index contributed by atoms with van der Waals surface area (Å²) in [6.07, 6.45) is 0. The highest BCUT2D eigenvalue weighted by Gasteiger charge is 1.96. The van der Waals surface area contributed by atoms with Gasteiger partial charge in [-0.25, -0.2) is 0 Å². The van der Waals surface area contributed by atoms with Crippen LogP contribution in [0.25, 0.3) is 0 Å². The van der Waals surface area contributed by atoms with Crippen molar-refractivity contribution in [3.63, 3.8) is 0 Å². The van der Waals surface area contributed by atoms with Gasteiger partial charge >= 0.3 is 0 Å². The molecule has 0 aliphatic heterocycles. The average Bonchev–Trinajstić information content (AvgIpc) is 2.31. The van der Waals surface area contributed by atoms with Gasteiger partial charge in [-0.15, -0.1) is 0 Å². The van der Waals surface area contributed by atoms with Gasteiger partial charge in [-0.3, -0.25) is 0 Å². The van der Waals surface area contributed by atoms with E-state index in [-0.39, 0.29) is 0 Å². The van der Waals surface area contributed by atoms with Crippen LogP contribution < -0.4 is 4.74 Å². The van der Waals surface area contributed by atoms with Gasteiger partial charge in [0.1, 0.15) is 5.75 Å². The minimum absolute atomic E-state index is 0.888. The largest absolute Gasteiger partial charge is 0.497 e. The van der Waals surface area contributed by atoms with E-state index in [0.717, 1.165) is 5.75 Å². The second kappa shape index (κ2) is 4.89. The molecule has 0 spiro atoms. The molecule has 15 heavy (non-hydrogen) atoms. The maximum Gasteiger partial charge on any atom is 0.118 e. The Balaban J connectivity index is 2.11. The molecule has 0 saturated carbocycles. The van der Waals surface area contributed by atoms with Crippen molar-refractivity contribution in [2.75, 3.05) is 7.11 Å². The van der Waals surface area contributed by atoms with Crippen LogP contribution in [0.15, 0.2) is 58.3 Å². The zero-order valence-corrected chi connectivity index (χ0v) is 9.25. The minimum atomic E-state index is 0.888. The van der Waals surface area contributed by atoms with Crippen LogP contribution in [0.5, 0.6) is 5.75 Å². The Kier molecular flexibility index (Phi) is 3.30. The Morgan fingerprint density at radius 3 is 2.47 bits per heavy atom. The van der Waals surface area contributed by atoms with Crippen LogP contribution in [0.2, 0.25) is 0 Å². The lowest BCUT2D eigenvalue weighted by Crippen LogP contribution is -1.81. The average molecular weight is 215 g/mol. The molecular weight excluding hydrogens is 204 g/mol. The molecule has 2 rings (SSSR count). The van der Waals surface area contributed by atoms with E-state index in [9.17, 15) is 0 Å². The molecule has 0 unspecified atom stereocenters. The van der Waals surface area contributed by atoms with Crippen molar-refractivity contribution in [2.45, 2.75) is 9.79 Å². The van der Waals surface area contributed by atoms with E-state index >= 15 is 0 Å². The molecule has 75 valence electrons. The Morgan fingerprint density at radius 1 is 1.07 bits per heavy atom. The zero-order chi connectivity index (χ0) is 10.5. The van der Waals surface area contributed by atoms with Crippen LogP contribution >= 0.6 is 11.8 Å². The SMILES string of the molecule is COc1ccc(Sc2c[c]ccc2)cc1. The van der Waals surface area contributed by atoms with Crippen molar-refractivity contribution in [1.29, 1.82) is 0 Å². The zero-order valence-electron chi connectivity index (χ0n) is 8.44. The van der Waals surface area contributed by atoms with Crippen molar-refractivity contribution in [3.05, 3.63) is 54.6 Å². The van der Waals surface area contributed by atoms with Gasteiger partial charge in [-0.1, -0.05) is 23.9 Å². The van der Waals surface area contributed by atoms with Crippen LogP contribution in [0.1, 0.15) is 0 Å². The summed E-state index contributed by atoms with van der Waals surface area (Å²) in [6.45, 7) is 0. The van der Waals surface area contributed by atoms with Gasteiger partial charge < -0.3 is 4.74 Å². The highest BCUT2D eigenvalue weighted by molar-refractivity contribution is 7.99. The molecule has 0 aromatic heterocycles. The lowest BCUT2D eigenvalue weighted by Gasteiger charge is -2.02. The standard InChI is InChI=1S/C13H11OS/c1-14-11-7-9-13(10-8-11)15-12-5-3-2-4-6-12/h2-3,5-10H,1H3. The number of benzene rings is 2. The number of ether oxygens (including phenoxy) is 1. The third kappa shape index (κ3) is 2.77. The topological polar surface area (TPSA) is 9.23 Å². The first kappa shape index (κ1) is 10.1. The highest BCUT2D eigenvalue weighted by Crippen LogP contribution is 2.28. The molecule has 1 nitrogen and oxygen atoms in total. The molecule has 2 aromatic carbocycles. The summed E-state index contributed by atoms with van der Waals surface area (Å²) in [5.41, 5.74) is 0. The smallest absolute Gasteiger partial charge is 0.118 e. The quantitative estimate of drug-likeness (QED) is 0.773. The van der Waals surface area contributed by atoms with Crippen molar-refractivity contribution < 1.29 is 4.74 Å². The summed E-state index contributed by atoms with van der Waals surface area (Å²) < 4.78 is 5.10. The molecular formula is C13H11OS. The maximum atomic E-state index is 5.10. The predicted octanol–water partition coefficient (Wildman–Crippen LogP) is 3.65. The summed E-state index contributed by atoms with van der Waals surface area (Å²) >= 11 is 1.72. The molecule has 0 N–H and O–H groups in total. The van der Waals surface area contributed by atoms with Gasteiger partial charge in [0.05, 0.1) is 7.11 Å². The van der Waals surface area contributed by atoms with Gasteiger partial charge in [-0.05, 0) is 42.5 Å². The van der Waals surface area contributed by atoms with Crippen LogP contribution in [0.3, 0.4) is 0 Å². The second-order valence-electron chi connectivity index (χ2n) is 3.02. The first-order valence-electron chi connectivity index (χ1n) is 4.66. The second-order valence-corrected chi connectivity index (χ2v) is 4.16.